The SMILES string of the molecule is Cc1cc(-c2cccc3ncnn23)cc(C)c1O. The molecule has 0 radical (unpaired) electrons. The fraction of sp³-hybridized carbons (Fsp3) is 0.143. The van der Waals surface area contributed by atoms with Gasteiger partial charge in [0.15, 0.2) is 5.65 Å². The molecule has 1 aromatic carbocycles. The second-order valence-electron chi connectivity index (χ2n) is 4.40. The zero-order chi connectivity index (χ0) is 12.7. The van der Waals surface area contributed by atoms with Crippen LogP contribution in [0.1, 0.15) is 11.1 Å². The predicted octanol–water partition coefficient (Wildman–Crippen LogP) is 2.72. The summed E-state index contributed by atoms with van der Waals surface area (Å²) < 4.78 is 1.80. The number of phenolic OH excluding ortho intramolecular Hbond substituents is 1. The number of hydrogen-bond donors (Lipinski definition) is 1. The lowest BCUT2D eigenvalue weighted by molar-refractivity contribution is 0.467. The quantitative estimate of drug-likeness (QED) is 0.710. The van der Waals surface area contributed by atoms with Crippen LogP contribution in [0.15, 0.2) is 36.7 Å². The Balaban J connectivity index is 2.29. The highest BCUT2D eigenvalue weighted by Gasteiger charge is 2.08. The predicted molar refractivity (Wildman–Crippen MR) is 69.6 cm³/mol. The zero-order valence-electron chi connectivity index (χ0n) is 10.3. The lowest BCUT2D eigenvalue weighted by Gasteiger charge is -2.09. The highest BCUT2D eigenvalue weighted by Crippen LogP contribution is 2.28. The Morgan fingerprint density at radius 3 is 2.56 bits per heavy atom. The number of aromatic nitrogens is 3. The molecule has 0 saturated heterocycles. The van der Waals surface area contributed by atoms with E-state index in [1.165, 1.54) is 0 Å². The maximum absolute atomic E-state index is 9.82. The summed E-state index contributed by atoms with van der Waals surface area (Å²) in [5.74, 6) is 0.351. The van der Waals surface area contributed by atoms with Gasteiger partial charge in [-0.1, -0.05) is 6.07 Å². The van der Waals surface area contributed by atoms with Gasteiger partial charge in [0.1, 0.15) is 12.1 Å². The van der Waals surface area contributed by atoms with Gasteiger partial charge in [0.2, 0.25) is 0 Å². The van der Waals surface area contributed by atoms with Crippen LogP contribution in [0.4, 0.5) is 0 Å². The van der Waals surface area contributed by atoms with Crippen LogP contribution in [0.3, 0.4) is 0 Å². The van der Waals surface area contributed by atoms with Crippen molar-refractivity contribution >= 4 is 5.65 Å². The van der Waals surface area contributed by atoms with Gasteiger partial charge in [0.25, 0.3) is 0 Å². The number of fused-ring (bicyclic) bond motifs is 1. The molecule has 18 heavy (non-hydrogen) atoms. The molecule has 90 valence electrons. The van der Waals surface area contributed by atoms with E-state index in [9.17, 15) is 5.11 Å². The van der Waals surface area contributed by atoms with Crippen molar-refractivity contribution in [3.05, 3.63) is 47.8 Å². The van der Waals surface area contributed by atoms with Crippen molar-refractivity contribution in [1.82, 2.24) is 14.6 Å². The monoisotopic (exact) mass is 239 g/mol. The Morgan fingerprint density at radius 1 is 1.11 bits per heavy atom. The number of aryl methyl sites for hydroxylation is 2. The molecule has 4 heteroatoms. The minimum Gasteiger partial charge on any atom is -0.507 e. The van der Waals surface area contributed by atoms with E-state index in [2.05, 4.69) is 10.1 Å². The zero-order valence-corrected chi connectivity index (χ0v) is 10.3. The largest absolute Gasteiger partial charge is 0.507 e. The molecule has 2 aromatic heterocycles. The van der Waals surface area contributed by atoms with Gasteiger partial charge in [-0.2, -0.15) is 5.10 Å². The van der Waals surface area contributed by atoms with E-state index in [1.807, 2.05) is 44.2 Å². The van der Waals surface area contributed by atoms with E-state index in [0.717, 1.165) is 28.0 Å². The molecule has 0 amide bonds. The van der Waals surface area contributed by atoms with Crippen molar-refractivity contribution < 1.29 is 5.11 Å². The van der Waals surface area contributed by atoms with Crippen LogP contribution in [-0.4, -0.2) is 19.7 Å². The van der Waals surface area contributed by atoms with E-state index >= 15 is 0 Å². The van der Waals surface area contributed by atoms with Gasteiger partial charge < -0.3 is 5.11 Å². The molecule has 0 aliphatic rings. The Bertz CT molecular complexity index is 708. The van der Waals surface area contributed by atoms with E-state index in [0.29, 0.717) is 5.75 Å². The molecule has 2 heterocycles. The van der Waals surface area contributed by atoms with Crippen LogP contribution >= 0.6 is 0 Å². The standard InChI is InChI=1S/C14H13N3O/c1-9-6-11(7-10(2)14(9)18)12-4-3-5-13-15-8-16-17(12)13/h3-8,18H,1-2H3. The van der Waals surface area contributed by atoms with Gasteiger partial charge in [-0.3, -0.25) is 0 Å². The minimum absolute atomic E-state index is 0.351. The van der Waals surface area contributed by atoms with Gasteiger partial charge >= 0.3 is 0 Å². The lowest BCUT2D eigenvalue weighted by Crippen LogP contribution is -1.94. The van der Waals surface area contributed by atoms with Crippen LogP contribution in [0, 0.1) is 13.8 Å². The molecule has 0 spiro atoms. The molecule has 3 rings (SSSR count). The summed E-state index contributed by atoms with van der Waals surface area (Å²) in [6, 6.07) is 9.78. The molecule has 3 aromatic rings. The number of rotatable bonds is 1. The Kier molecular flexibility index (Phi) is 2.30. The highest BCUT2D eigenvalue weighted by atomic mass is 16.3. The van der Waals surface area contributed by atoms with Crippen molar-refractivity contribution in [3.63, 3.8) is 0 Å². The van der Waals surface area contributed by atoms with E-state index in [1.54, 1.807) is 10.8 Å². The first-order chi connectivity index (χ1) is 8.66. The maximum atomic E-state index is 9.82. The molecular weight excluding hydrogens is 226 g/mol. The second-order valence-corrected chi connectivity index (χ2v) is 4.40. The summed E-state index contributed by atoms with van der Waals surface area (Å²) in [6.07, 6.45) is 1.54. The summed E-state index contributed by atoms with van der Waals surface area (Å²) >= 11 is 0. The fourth-order valence-corrected chi connectivity index (χ4v) is 2.17. The minimum atomic E-state index is 0.351. The topological polar surface area (TPSA) is 50.4 Å². The van der Waals surface area contributed by atoms with E-state index in [-0.39, 0.29) is 0 Å². The van der Waals surface area contributed by atoms with Gasteiger partial charge in [0.05, 0.1) is 5.69 Å². The number of phenols is 1. The lowest BCUT2D eigenvalue weighted by atomic mass is 10.0. The molecule has 0 saturated carbocycles. The molecule has 0 atom stereocenters. The third kappa shape index (κ3) is 1.54. The summed E-state index contributed by atoms with van der Waals surface area (Å²) in [4.78, 5) is 4.17. The van der Waals surface area contributed by atoms with Crippen molar-refractivity contribution in [2.75, 3.05) is 0 Å². The highest BCUT2D eigenvalue weighted by molar-refractivity contribution is 5.66. The average Bonchev–Trinajstić information content (AvgIpc) is 2.83. The first-order valence-corrected chi connectivity index (χ1v) is 5.76. The smallest absolute Gasteiger partial charge is 0.155 e. The van der Waals surface area contributed by atoms with Gasteiger partial charge in [-0.25, -0.2) is 9.50 Å². The van der Waals surface area contributed by atoms with Gasteiger partial charge in [0, 0.05) is 5.56 Å². The average molecular weight is 239 g/mol. The third-order valence-electron chi connectivity index (χ3n) is 3.09. The number of aromatic hydroxyl groups is 1. The number of benzene rings is 1. The summed E-state index contributed by atoms with van der Waals surface area (Å²) in [7, 11) is 0. The van der Waals surface area contributed by atoms with Crippen molar-refractivity contribution in [2.45, 2.75) is 13.8 Å². The Hall–Kier alpha value is -2.36. The van der Waals surface area contributed by atoms with Crippen LogP contribution in [0.5, 0.6) is 5.75 Å². The van der Waals surface area contributed by atoms with Crippen LogP contribution < -0.4 is 0 Å². The normalized spacial score (nSPS) is 11.0. The van der Waals surface area contributed by atoms with Crippen LogP contribution in [0.25, 0.3) is 16.9 Å². The first kappa shape index (κ1) is 10.8. The molecular formula is C14H13N3O. The summed E-state index contributed by atoms with van der Waals surface area (Å²) in [5.41, 5.74) is 4.54. The van der Waals surface area contributed by atoms with Crippen LogP contribution in [-0.2, 0) is 0 Å². The molecule has 0 bridgehead atoms. The third-order valence-corrected chi connectivity index (χ3v) is 3.09. The van der Waals surface area contributed by atoms with Crippen LogP contribution in [0.2, 0.25) is 0 Å². The number of hydrogen-bond acceptors (Lipinski definition) is 3. The molecule has 0 aliphatic heterocycles. The summed E-state index contributed by atoms with van der Waals surface area (Å²) in [6.45, 7) is 3.79. The Labute approximate surface area is 105 Å². The maximum Gasteiger partial charge on any atom is 0.155 e. The van der Waals surface area contributed by atoms with Gasteiger partial charge in [-0.05, 0) is 49.2 Å². The first-order valence-electron chi connectivity index (χ1n) is 5.76. The number of nitrogens with zero attached hydrogens (tertiary/aromatic N) is 3. The molecule has 0 fully saturated rings. The summed E-state index contributed by atoms with van der Waals surface area (Å²) in [5, 5.41) is 14.0. The molecule has 4 nitrogen and oxygen atoms in total. The molecule has 0 aliphatic carbocycles. The van der Waals surface area contributed by atoms with E-state index < -0.39 is 0 Å². The van der Waals surface area contributed by atoms with Crippen molar-refractivity contribution in [3.8, 4) is 17.0 Å². The van der Waals surface area contributed by atoms with Crippen molar-refractivity contribution in [1.29, 1.82) is 0 Å². The van der Waals surface area contributed by atoms with Gasteiger partial charge in [-0.15, -0.1) is 0 Å². The molecule has 1 N–H and O–H groups in total. The Morgan fingerprint density at radius 2 is 1.83 bits per heavy atom. The second kappa shape index (κ2) is 3.84. The molecule has 0 unspecified atom stereocenters. The van der Waals surface area contributed by atoms with Crippen molar-refractivity contribution in [2.24, 2.45) is 0 Å². The number of pyridine rings is 1. The van der Waals surface area contributed by atoms with E-state index in [4.69, 9.17) is 0 Å². The fourth-order valence-electron chi connectivity index (χ4n) is 2.17.